The summed E-state index contributed by atoms with van der Waals surface area (Å²) < 4.78 is 5.44. The molecule has 0 saturated carbocycles. The lowest BCUT2D eigenvalue weighted by Gasteiger charge is -2.18. The van der Waals surface area contributed by atoms with Gasteiger partial charge in [0.2, 0.25) is 5.91 Å². The van der Waals surface area contributed by atoms with Gasteiger partial charge in [-0.15, -0.1) is 0 Å². The molecule has 0 fully saturated rings. The maximum absolute atomic E-state index is 12.1. The van der Waals surface area contributed by atoms with E-state index in [9.17, 15) is 9.59 Å². The van der Waals surface area contributed by atoms with Crippen LogP contribution in [0.3, 0.4) is 0 Å². The largest absolute Gasteiger partial charge is 0.484 e. The van der Waals surface area contributed by atoms with Crippen LogP contribution < -0.4 is 15.0 Å². The average molecular weight is 298 g/mol. The molecule has 2 rings (SSSR count). The van der Waals surface area contributed by atoms with E-state index in [2.05, 4.69) is 5.32 Å². The highest BCUT2D eigenvalue weighted by atomic mass is 16.5. The molecule has 2 aromatic carbocycles. The maximum Gasteiger partial charge on any atom is 0.264 e. The lowest BCUT2D eigenvalue weighted by atomic mass is 10.2. The number of anilines is 2. The minimum absolute atomic E-state index is 0.0338. The molecular weight excluding hydrogens is 280 g/mol. The van der Waals surface area contributed by atoms with E-state index in [1.165, 1.54) is 11.8 Å². The summed E-state index contributed by atoms with van der Waals surface area (Å²) in [6.07, 6.45) is 0. The standard InChI is InChI=1S/C17H18N2O3/c1-13(20)18-14-8-10-15(11-9-14)19(2)17(21)12-22-16-6-4-3-5-7-16/h3-11H,12H2,1-2H3,(H,18,20). The number of hydrogen-bond donors (Lipinski definition) is 1. The van der Waals surface area contributed by atoms with E-state index >= 15 is 0 Å². The molecule has 0 atom stereocenters. The van der Waals surface area contributed by atoms with E-state index in [0.29, 0.717) is 11.4 Å². The Hall–Kier alpha value is -2.82. The highest BCUT2D eigenvalue weighted by Crippen LogP contribution is 2.17. The molecule has 2 aromatic rings. The van der Waals surface area contributed by atoms with E-state index in [1.54, 1.807) is 43.4 Å². The maximum atomic E-state index is 12.1. The molecule has 0 aliphatic heterocycles. The van der Waals surface area contributed by atoms with Gasteiger partial charge in [-0.3, -0.25) is 9.59 Å². The number of amides is 2. The summed E-state index contributed by atoms with van der Waals surface area (Å²) in [6.45, 7) is 1.42. The summed E-state index contributed by atoms with van der Waals surface area (Å²) in [4.78, 5) is 24.6. The predicted molar refractivity (Wildman–Crippen MR) is 86.1 cm³/mol. The van der Waals surface area contributed by atoms with Gasteiger partial charge in [0.15, 0.2) is 6.61 Å². The SMILES string of the molecule is CC(=O)Nc1ccc(N(C)C(=O)COc2ccccc2)cc1. The van der Waals surface area contributed by atoms with E-state index in [1.807, 2.05) is 18.2 Å². The van der Waals surface area contributed by atoms with Gasteiger partial charge < -0.3 is 15.0 Å². The minimum Gasteiger partial charge on any atom is -0.484 e. The topological polar surface area (TPSA) is 58.6 Å². The van der Waals surface area contributed by atoms with Gasteiger partial charge in [-0.25, -0.2) is 0 Å². The van der Waals surface area contributed by atoms with Crippen LogP contribution in [0.15, 0.2) is 54.6 Å². The summed E-state index contributed by atoms with van der Waals surface area (Å²) in [7, 11) is 1.68. The number of hydrogen-bond acceptors (Lipinski definition) is 3. The molecule has 0 spiro atoms. The number of likely N-dealkylation sites (N-methyl/N-ethyl adjacent to an activating group) is 1. The zero-order valence-corrected chi connectivity index (χ0v) is 12.6. The predicted octanol–water partition coefficient (Wildman–Crippen LogP) is 2.69. The van der Waals surface area contributed by atoms with Crippen LogP contribution in [0.2, 0.25) is 0 Å². The van der Waals surface area contributed by atoms with Crippen molar-refractivity contribution in [1.82, 2.24) is 0 Å². The highest BCUT2D eigenvalue weighted by Gasteiger charge is 2.11. The van der Waals surface area contributed by atoms with E-state index in [-0.39, 0.29) is 18.4 Å². The summed E-state index contributed by atoms with van der Waals surface area (Å²) in [5, 5.41) is 2.68. The van der Waals surface area contributed by atoms with Crippen molar-refractivity contribution in [3.63, 3.8) is 0 Å². The molecule has 0 radical (unpaired) electrons. The van der Waals surface area contributed by atoms with E-state index < -0.39 is 0 Å². The number of para-hydroxylation sites is 1. The van der Waals surface area contributed by atoms with Crippen LogP contribution >= 0.6 is 0 Å². The quantitative estimate of drug-likeness (QED) is 0.923. The third kappa shape index (κ3) is 4.34. The van der Waals surface area contributed by atoms with Gasteiger partial charge >= 0.3 is 0 Å². The van der Waals surface area contributed by atoms with Crippen LogP contribution in [0.25, 0.3) is 0 Å². The Morgan fingerprint density at radius 2 is 1.68 bits per heavy atom. The number of rotatable bonds is 5. The fourth-order valence-corrected chi connectivity index (χ4v) is 1.87. The molecule has 5 heteroatoms. The summed E-state index contributed by atoms with van der Waals surface area (Å²) >= 11 is 0. The Balaban J connectivity index is 1.93. The van der Waals surface area contributed by atoms with Crippen molar-refractivity contribution >= 4 is 23.2 Å². The number of benzene rings is 2. The molecule has 114 valence electrons. The van der Waals surface area contributed by atoms with Crippen LogP contribution in [0, 0.1) is 0 Å². The number of ether oxygens (including phenoxy) is 1. The second kappa shape index (κ2) is 7.26. The van der Waals surface area contributed by atoms with E-state index in [4.69, 9.17) is 4.74 Å². The molecule has 0 aliphatic carbocycles. The smallest absolute Gasteiger partial charge is 0.264 e. The molecular formula is C17H18N2O3. The zero-order chi connectivity index (χ0) is 15.9. The highest BCUT2D eigenvalue weighted by molar-refractivity contribution is 5.94. The van der Waals surface area contributed by atoms with Gasteiger partial charge in [0, 0.05) is 25.3 Å². The molecule has 0 aliphatic rings. The Kier molecular flexibility index (Phi) is 5.14. The van der Waals surface area contributed by atoms with Crippen molar-refractivity contribution in [2.45, 2.75) is 6.92 Å². The number of carbonyl (C=O) groups excluding carboxylic acids is 2. The van der Waals surface area contributed by atoms with E-state index in [0.717, 1.165) is 5.69 Å². The summed E-state index contributed by atoms with van der Waals surface area (Å²) in [5.74, 6) is 0.370. The van der Waals surface area contributed by atoms with Crippen molar-refractivity contribution in [2.24, 2.45) is 0 Å². The van der Waals surface area contributed by atoms with Crippen molar-refractivity contribution in [3.8, 4) is 5.75 Å². The summed E-state index contributed by atoms with van der Waals surface area (Å²) in [6, 6.07) is 16.2. The fraction of sp³-hybridized carbons (Fsp3) is 0.176. The Morgan fingerprint density at radius 3 is 2.27 bits per heavy atom. The third-order valence-electron chi connectivity index (χ3n) is 3.05. The van der Waals surface area contributed by atoms with Crippen molar-refractivity contribution in [1.29, 1.82) is 0 Å². The molecule has 0 aromatic heterocycles. The van der Waals surface area contributed by atoms with Gasteiger partial charge in [-0.2, -0.15) is 0 Å². The lowest BCUT2D eigenvalue weighted by Crippen LogP contribution is -2.31. The monoisotopic (exact) mass is 298 g/mol. The normalized spacial score (nSPS) is 9.91. The molecule has 0 bridgehead atoms. The first-order valence-corrected chi connectivity index (χ1v) is 6.88. The van der Waals surface area contributed by atoms with Gasteiger partial charge in [0.05, 0.1) is 0 Å². The van der Waals surface area contributed by atoms with Crippen molar-refractivity contribution in [2.75, 3.05) is 23.9 Å². The van der Waals surface area contributed by atoms with Crippen LogP contribution in [-0.4, -0.2) is 25.5 Å². The first kappa shape index (κ1) is 15.6. The second-order valence-corrected chi connectivity index (χ2v) is 4.78. The Labute approximate surface area is 129 Å². The lowest BCUT2D eigenvalue weighted by molar-refractivity contribution is -0.120. The first-order valence-electron chi connectivity index (χ1n) is 6.88. The zero-order valence-electron chi connectivity index (χ0n) is 12.6. The molecule has 0 unspecified atom stereocenters. The van der Waals surface area contributed by atoms with Gasteiger partial charge in [0.1, 0.15) is 5.75 Å². The fourth-order valence-electron chi connectivity index (χ4n) is 1.87. The van der Waals surface area contributed by atoms with Crippen LogP contribution in [-0.2, 0) is 9.59 Å². The number of carbonyl (C=O) groups is 2. The second-order valence-electron chi connectivity index (χ2n) is 4.78. The molecule has 5 nitrogen and oxygen atoms in total. The van der Waals surface area contributed by atoms with Crippen LogP contribution in [0.4, 0.5) is 11.4 Å². The number of nitrogens with one attached hydrogen (secondary N) is 1. The number of nitrogens with zero attached hydrogens (tertiary/aromatic N) is 1. The van der Waals surface area contributed by atoms with Gasteiger partial charge in [0.25, 0.3) is 5.91 Å². The van der Waals surface area contributed by atoms with Crippen LogP contribution in [0.1, 0.15) is 6.92 Å². The summed E-state index contributed by atoms with van der Waals surface area (Å²) in [5.41, 5.74) is 1.42. The Bertz CT molecular complexity index is 639. The third-order valence-corrected chi connectivity index (χ3v) is 3.05. The Morgan fingerprint density at radius 1 is 1.05 bits per heavy atom. The molecule has 2 amide bonds. The first-order chi connectivity index (χ1) is 10.6. The van der Waals surface area contributed by atoms with Gasteiger partial charge in [-0.05, 0) is 36.4 Å². The van der Waals surface area contributed by atoms with Crippen molar-refractivity contribution in [3.05, 3.63) is 54.6 Å². The van der Waals surface area contributed by atoms with Crippen LogP contribution in [0.5, 0.6) is 5.75 Å². The molecule has 1 N–H and O–H groups in total. The molecule has 0 heterocycles. The molecule has 0 saturated heterocycles. The average Bonchev–Trinajstić information content (AvgIpc) is 2.53. The van der Waals surface area contributed by atoms with Crippen molar-refractivity contribution < 1.29 is 14.3 Å². The minimum atomic E-state index is -0.156. The molecule has 22 heavy (non-hydrogen) atoms. The van der Waals surface area contributed by atoms with Gasteiger partial charge in [-0.1, -0.05) is 18.2 Å².